The Labute approximate surface area is 112 Å². The zero-order valence-electron chi connectivity index (χ0n) is 10.6. The first-order valence-electron chi connectivity index (χ1n) is 6.28. The summed E-state index contributed by atoms with van der Waals surface area (Å²) in [6.45, 7) is 1.04. The number of rotatable bonds is 6. The molecule has 0 aliphatic rings. The van der Waals surface area contributed by atoms with Crippen LogP contribution in [0.1, 0.15) is 17.9 Å². The molecule has 0 saturated carbocycles. The normalized spacial score (nSPS) is 12.1. The zero-order chi connectivity index (χ0) is 13.5. The minimum Gasteiger partial charge on any atom is -0.493 e. The molecule has 1 aromatic carbocycles. The van der Waals surface area contributed by atoms with Crippen molar-refractivity contribution in [2.45, 2.75) is 12.3 Å². The van der Waals surface area contributed by atoms with E-state index in [-0.39, 0.29) is 11.7 Å². The van der Waals surface area contributed by atoms with Gasteiger partial charge < -0.3 is 10.5 Å². The van der Waals surface area contributed by atoms with Crippen molar-refractivity contribution in [1.29, 1.82) is 0 Å². The molecule has 1 aromatic heterocycles. The molecule has 0 spiro atoms. The summed E-state index contributed by atoms with van der Waals surface area (Å²) < 4.78 is 18.7. The lowest BCUT2D eigenvalue weighted by molar-refractivity contribution is 0.281. The van der Waals surface area contributed by atoms with E-state index in [9.17, 15) is 4.39 Å². The van der Waals surface area contributed by atoms with Crippen molar-refractivity contribution in [2.24, 2.45) is 5.73 Å². The predicted molar refractivity (Wildman–Crippen MR) is 72.5 cm³/mol. The lowest BCUT2D eigenvalue weighted by atomic mass is 9.98. The standard InChI is InChI=1S/C15H17FN2O/c16-14-4-1-5-15(9-14)19-11-13(6-7-17)12-3-2-8-18-10-12/h1-5,8-10,13H,6-7,11,17H2. The molecule has 0 saturated heterocycles. The molecule has 1 heterocycles. The summed E-state index contributed by atoms with van der Waals surface area (Å²) in [5.41, 5.74) is 6.71. The fourth-order valence-corrected chi connectivity index (χ4v) is 1.92. The van der Waals surface area contributed by atoms with Crippen molar-refractivity contribution in [3.05, 3.63) is 60.2 Å². The second-order valence-corrected chi connectivity index (χ2v) is 4.33. The number of nitrogens with two attached hydrogens (primary N) is 1. The smallest absolute Gasteiger partial charge is 0.126 e. The molecule has 0 aliphatic carbocycles. The third-order valence-corrected chi connectivity index (χ3v) is 2.92. The Kier molecular flexibility index (Phi) is 4.86. The van der Waals surface area contributed by atoms with E-state index in [1.807, 2.05) is 18.3 Å². The Morgan fingerprint density at radius 1 is 1.26 bits per heavy atom. The van der Waals surface area contributed by atoms with Crippen LogP contribution in [0.15, 0.2) is 48.8 Å². The van der Waals surface area contributed by atoms with Gasteiger partial charge in [0.2, 0.25) is 0 Å². The van der Waals surface area contributed by atoms with Gasteiger partial charge >= 0.3 is 0 Å². The highest BCUT2D eigenvalue weighted by Gasteiger charge is 2.12. The van der Waals surface area contributed by atoms with E-state index in [0.717, 1.165) is 12.0 Å². The second kappa shape index (κ2) is 6.85. The van der Waals surface area contributed by atoms with Gasteiger partial charge in [0.05, 0.1) is 6.61 Å². The minimum atomic E-state index is -0.297. The molecule has 2 aromatic rings. The number of pyridine rings is 1. The van der Waals surface area contributed by atoms with E-state index in [1.54, 1.807) is 18.3 Å². The van der Waals surface area contributed by atoms with Gasteiger partial charge in [0, 0.05) is 24.4 Å². The van der Waals surface area contributed by atoms with Crippen LogP contribution < -0.4 is 10.5 Å². The Morgan fingerprint density at radius 3 is 2.84 bits per heavy atom. The summed E-state index contributed by atoms with van der Waals surface area (Å²) in [6, 6.07) is 10.0. The van der Waals surface area contributed by atoms with Gasteiger partial charge in [-0.3, -0.25) is 4.98 Å². The summed E-state index contributed by atoms with van der Waals surface area (Å²) in [7, 11) is 0. The first kappa shape index (κ1) is 13.5. The van der Waals surface area contributed by atoms with Gasteiger partial charge in [0.15, 0.2) is 0 Å². The summed E-state index contributed by atoms with van der Waals surface area (Å²) in [6.07, 6.45) is 4.35. The maximum absolute atomic E-state index is 13.1. The molecule has 4 heteroatoms. The van der Waals surface area contributed by atoms with Crippen LogP contribution in [0.5, 0.6) is 5.75 Å². The third-order valence-electron chi connectivity index (χ3n) is 2.92. The van der Waals surface area contributed by atoms with Crippen LogP contribution in [0.3, 0.4) is 0 Å². The largest absolute Gasteiger partial charge is 0.493 e. The number of halogens is 1. The van der Waals surface area contributed by atoms with Crippen molar-refractivity contribution >= 4 is 0 Å². The Morgan fingerprint density at radius 2 is 2.16 bits per heavy atom. The van der Waals surface area contributed by atoms with E-state index < -0.39 is 0 Å². The average Bonchev–Trinajstić information content (AvgIpc) is 2.44. The molecule has 0 bridgehead atoms. The van der Waals surface area contributed by atoms with Crippen molar-refractivity contribution in [1.82, 2.24) is 4.98 Å². The van der Waals surface area contributed by atoms with E-state index >= 15 is 0 Å². The van der Waals surface area contributed by atoms with Crippen LogP contribution in [0.25, 0.3) is 0 Å². The maximum Gasteiger partial charge on any atom is 0.126 e. The molecule has 100 valence electrons. The zero-order valence-corrected chi connectivity index (χ0v) is 10.6. The van der Waals surface area contributed by atoms with Crippen molar-refractivity contribution in [3.63, 3.8) is 0 Å². The predicted octanol–water partition coefficient (Wildman–Crippen LogP) is 2.73. The maximum atomic E-state index is 13.1. The van der Waals surface area contributed by atoms with Crippen LogP contribution in [0, 0.1) is 5.82 Å². The first-order chi connectivity index (χ1) is 9.29. The molecule has 19 heavy (non-hydrogen) atoms. The van der Waals surface area contributed by atoms with Crippen LogP contribution >= 0.6 is 0 Å². The van der Waals surface area contributed by atoms with Gasteiger partial charge in [-0.25, -0.2) is 4.39 Å². The lowest BCUT2D eigenvalue weighted by Crippen LogP contribution is -2.15. The second-order valence-electron chi connectivity index (χ2n) is 4.33. The molecule has 1 unspecified atom stereocenters. The fraction of sp³-hybridized carbons (Fsp3) is 0.267. The Hall–Kier alpha value is -1.94. The Balaban J connectivity index is 2.01. The van der Waals surface area contributed by atoms with E-state index in [0.29, 0.717) is 18.9 Å². The molecule has 2 rings (SSSR count). The van der Waals surface area contributed by atoms with Gasteiger partial charge in [-0.05, 0) is 36.7 Å². The first-order valence-corrected chi connectivity index (χ1v) is 6.28. The number of benzene rings is 1. The van der Waals surface area contributed by atoms with Crippen LogP contribution in [0.2, 0.25) is 0 Å². The number of hydrogen-bond donors (Lipinski definition) is 1. The van der Waals surface area contributed by atoms with Gasteiger partial charge in [0.25, 0.3) is 0 Å². The van der Waals surface area contributed by atoms with Crippen molar-refractivity contribution in [3.8, 4) is 5.75 Å². The molecule has 1 atom stereocenters. The summed E-state index contributed by atoms with van der Waals surface area (Å²) in [5, 5.41) is 0. The quantitative estimate of drug-likeness (QED) is 0.868. The van der Waals surface area contributed by atoms with Crippen molar-refractivity contribution in [2.75, 3.05) is 13.2 Å². The number of hydrogen-bond acceptors (Lipinski definition) is 3. The molecular formula is C15H17FN2O. The Bertz CT molecular complexity index is 505. The molecule has 0 fully saturated rings. The average molecular weight is 260 g/mol. The summed E-state index contributed by atoms with van der Waals surface area (Å²) in [5.74, 6) is 0.405. The lowest BCUT2D eigenvalue weighted by Gasteiger charge is -2.17. The number of ether oxygens (including phenoxy) is 1. The van der Waals surface area contributed by atoms with Gasteiger partial charge in [0.1, 0.15) is 11.6 Å². The number of nitrogens with zero attached hydrogens (tertiary/aromatic N) is 1. The SMILES string of the molecule is NCCC(COc1cccc(F)c1)c1cccnc1. The molecule has 0 radical (unpaired) electrons. The van der Waals surface area contributed by atoms with E-state index in [2.05, 4.69) is 4.98 Å². The minimum absolute atomic E-state index is 0.168. The highest BCUT2D eigenvalue weighted by Crippen LogP contribution is 2.20. The monoisotopic (exact) mass is 260 g/mol. The summed E-state index contributed by atoms with van der Waals surface area (Å²) >= 11 is 0. The van der Waals surface area contributed by atoms with E-state index in [1.165, 1.54) is 12.1 Å². The highest BCUT2D eigenvalue weighted by atomic mass is 19.1. The van der Waals surface area contributed by atoms with Crippen LogP contribution in [-0.4, -0.2) is 18.1 Å². The van der Waals surface area contributed by atoms with E-state index in [4.69, 9.17) is 10.5 Å². The molecule has 0 aliphatic heterocycles. The van der Waals surface area contributed by atoms with Crippen LogP contribution in [-0.2, 0) is 0 Å². The molecule has 2 N–H and O–H groups in total. The van der Waals surface area contributed by atoms with Crippen LogP contribution in [0.4, 0.5) is 4.39 Å². The summed E-state index contributed by atoms with van der Waals surface area (Å²) in [4.78, 5) is 4.10. The van der Waals surface area contributed by atoms with Gasteiger partial charge in [-0.15, -0.1) is 0 Å². The third kappa shape index (κ3) is 4.03. The molecular weight excluding hydrogens is 243 g/mol. The molecule has 3 nitrogen and oxygen atoms in total. The van der Waals surface area contributed by atoms with Crippen molar-refractivity contribution < 1.29 is 9.13 Å². The van der Waals surface area contributed by atoms with Gasteiger partial charge in [-0.2, -0.15) is 0 Å². The number of aromatic nitrogens is 1. The fourth-order valence-electron chi connectivity index (χ4n) is 1.92. The topological polar surface area (TPSA) is 48.1 Å². The highest BCUT2D eigenvalue weighted by molar-refractivity contribution is 5.23. The molecule has 0 amide bonds. The van der Waals surface area contributed by atoms with Gasteiger partial charge in [-0.1, -0.05) is 12.1 Å².